The van der Waals surface area contributed by atoms with Crippen molar-refractivity contribution < 1.29 is 9.18 Å². The van der Waals surface area contributed by atoms with Gasteiger partial charge in [-0.3, -0.25) is 4.79 Å². The zero-order valence-electron chi connectivity index (χ0n) is 11.4. The van der Waals surface area contributed by atoms with Gasteiger partial charge < -0.3 is 5.32 Å². The molecule has 1 amide bonds. The average Bonchev–Trinajstić information content (AvgIpc) is 3.00. The molecule has 0 aliphatic heterocycles. The van der Waals surface area contributed by atoms with E-state index < -0.39 is 0 Å². The van der Waals surface area contributed by atoms with E-state index >= 15 is 0 Å². The number of amides is 1. The maximum atomic E-state index is 12.7. The Morgan fingerprint density at radius 2 is 2.10 bits per heavy atom. The van der Waals surface area contributed by atoms with E-state index in [0.717, 1.165) is 21.9 Å². The molecule has 0 fully saturated rings. The van der Waals surface area contributed by atoms with Crippen LogP contribution in [0.1, 0.15) is 11.3 Å². The number of carbonyl (C=O) groups is 1. The highest BCUT2D eigenvalue weighted by Gasteiger charge is 1.97. The van der Waals surface area contributed by atoms with E-state index in [-0.39, 0.29) is 11.7 Å². The molecule has 0 unspecified atom stereocenters. The van der Waals surface area contributed by atoms with Crippen LogP contribution >= 0.6 is 23.1 Å². The van der Waals surface area contributed by atoms with Crippen LogP contribution in [0, 0.1) is 5.82 Å². The molecule has 21 heavy (non-hydrogen) atoms. The van der Waals surface area contributed by atoms with Crippen molar-refractivity contribution in [3.05, 3.63) is 58.5 Å². The van der Waals surface area contributed by atoms with Gasteiger partial charge in [-0.15, -0.1) is 23.1 Å². The fourth-order valence-corrected chi connectivity index (χ4v) is 3.08. The smallest absolute Gasteiger partial charge is 0.244 e. The number of carbonyl (C=O) groups excluding carboxylic acids is 1. The number of rotatable bonds is 7. The number of nitrogens with one attached hydrogen (secondary N) is 1. The lowest BCUT2D eigenvalue weighted by molar-refractivity contribution is -0.116. The van der Waals surface area contributed by atoms with E-state index in [1.807, 2.05) is 23.6 Å². The molecule has 0 atom stereocenters. The van der Waals surface area contributed by atoms with E-state index in [0.29, 0.717) is 6.54 Å². The largest absolute Gasteiger partial charge is 0.353 e. The lowest BCUT2D eigenvalue weighted by Crippen LogP contribution is -2.22. The van der Waals surface area contributed by atoms with Crippen LogP contribution in [-0.4, -0.2) is 18.2 Å². The molecule has 0 aliphatic carbocycles. The summed E-state index contributed by atoms with van der Waals surface area (Å²) in [6, 6.07) is 10.4. The minimum Gasteiger partial charge on any atom is -0.353 e. The number of thiophene rings is 1. The normalized spacial score (nSPS) is 10.9. The Hall–Kier alpha value is -1.59. The van der Waals surface area contributed by atoms with E-state index in [1.54, 1.807) is 41.3 Å². The first-order valence-electron chi connectivity index (χ1n) is 6.62. The molecular weight excluding hydrogens is 305 g/mol. The molecule has 2 nitrogen and oxygen atoms in total. The second kappa shape index (κ2) is 8.64. The third-order valence-electron chi connectivity index (χ3n) is 2.64. The second-order valence-electron chi connectivity index (χ2n) is 4.30. The number of benzene rings is 1. The van der Waals surface area contributed by atoms with Crippen LogP contribution in [0.2, 0.25) is 0 Å². The van der Waals surface area contributed by atoms with Crippen LogP contribution in [0.3, 0.4) is 0 Å². The van der Waals surface area contributed by atoms with Gasteiger partial charge >= 0.3 is 0 Å². The Morgan fingerprint density at radius 3 is 2.81 bits per heavy atom. The molecule has 2 aromatic rings. The molecule has 0 saturated heterocycles. The van der Waals surface area contributed by atoms with E-state index in [4.69, 9.17) is 0 Å². The quantitative estimate of drug-likeness (QED) is 0.470. The summed E-state index contributed by atoms with van der Waals surface area (Å²) >= 11 is 3.26. The Kier molecular flexibility index (Phi) is 6.50. The summed E-state index contributed by atoms with van der Waals surface area (Å²) in [4.78, 5) is 13.7. The van der Waals surface area contributed by atoms with Gasteiger partial charge in [0.15, 0.2) is 0 Å². The van der Waals surface area contributed by atoms with Crippen molar-refractivity contribution in [2.24, 2.45) is 0 Å². The highest BCUT2D eigenvalue weighted by Crippen LogP contribution is 2.18. The molecule has 0 radical (unpaired) electrons. The highest BCUT2D eigenvalue weighted by molar-refractivity contribution is 7.99. The Bertz CT molecular complexity index is 579. The van der Waals surface area contributed by atoms with Gasteiger partial charge in [-0.05, 0) is 54.0 Å². The maximum absolute atomic E-state index is 12.7. The summed E-state index contributed by atoms with van der Waals surface area (Å²) in [5.41, 5.74) is 0. The topological polar surface area (TPSA) is 29.1 Å². The lowest BCUT2D eigenvalue weighted by atomic mass is 10.3. The SMILES string of the molecule is O=C(C=Cc1cccs1)NCCCSc1ccc(F)cc1. The number of hydrogen-bond acceptors (Lipinski definition) is 3. The predicted octanol–water partition coefficient (Wildman–Crippen LogP) is 4.20. The molecule has 0 aliphatic rings. The van der Waals surface area contributed by atoms with Gasteiger partial charge in [0.2, 0.25) is 5.91 Å². The van der Waals surface area contributed by atoms with Crippen molar-refractivity contribution in [2.45, 2.75) is 11.3 Å². The third-order valence-corrected chi connectivity index (χ3v) is 4.58. The molecule has 0 saturated carbocycles. The van der Waals surface area contributed by atoms with Crippen LogP contribution < -0.4 is 5.32 Å². The average molecular weight is 321 g/mol. The fourth-order valence-electron chi connectivity index (χ4n) is 1.61. The number of thioether (sulfide) groups is 1. The van der Waals surface area contributed by atoms with E-state index in [9.17, 15) is 9.18 Å². The van der Waals surface area contributed by atoms with Gasteiger partial charge in [-0.2, -0.15) is 0 Å². The third kappa shape index (κ3) is 6.14. The van der Waals surface area contributed by atoms with Gasteiger partial charge in [0.05, 0.1) is 0 Å². The van der Waals surface area contributed by atoms with Crippen molar-refractivity contribution in [2.75, 3.05) is 12.3 Å². The Labute approximate surface area is 132 Å². The molecule has 0 bridgehead atoms. The van der Waals surface area contributed by atoms with Crippen molar-refractivity contribution in [1.82, 2.24) is 5.32 Å². The first-order chi connectivity index (χ1) is 10.2. The Morgan fingerprint density at radius 1 is 1.29 bits per heavy atom. The summed E-state index contributed by atoms with van der Waals surface area (Å²) in [6.07, 6.45) is 4.24. The van der Waals surface area contributed by atoms with Gasteiger partial charge in [0.1, 0.15) is 5.82 Å². The van der Waals surface area contributed by atoms with Crippen LogP contribution in [0.4, 0.5) is 4.39 Å². The van der Waals surface area contributed by atoms with Crippen LogP contribution in [0.15, 0.2) is 52.7 Å². The van der Waals surface area contributed by atoms with Crippen molar-refractivity contribution in [3.8, 4) is 0 Å². The summed E-state index contributed by atoms with van der Waals surface area (Å²) in [6.45, 7) is 0.641. The van der Waals surface area contributed by atoms with Gasteiger partial charge in [-0.25, -0.2) is 4.39 Å². The monoisotopic (exact) mass is 321 g/mol. The van der Waals surface area contributed by atoms with Gasteiger partial charge in [0.25, 0.3) is 0 Å². The molecule has 0 spiro atoms. The second-order valence-corrected chi connectivity index (χ2v) is 6.44. The molecule has 2 rings (SSSR count). The summed E-state index contributed by atoms with van der Waals surface area (Å²) < 4.78 is 12.7. The molecule has 1 aromatic heterocycles. The van der Waals surface area contributed by atoms with Crippen molar-refractivity contribution in [1.29, 1.82) is 0 Å². The highest BCUT2D eigenvalue weighted by atomic mass is 32.2. The molecule has 1 heterocycles. The van der Waals surface area contributed by atoms with Crippen molar-refractivity contribution in [3.63, 3.8) is 0 Å². The van der Waals surface area contributed by atoms with Gasteiger partial charge in [-0.1, -0.05) is 6.07 Å². The predicted molar refractivity (Wildman–Crippen MR) is 88.1 cm³/mol. The number of halogens is 1. The molecule has 110 valence electrons. The summed E-state index contributed by atoms with van der Waals surface area (Å²) in [5, 5.41) is 4.82. The van der Waals surface area contributed by atoms with E-state index in [2.05, 4.69) is 5.32 Å². The van der Waals surface area contributed by atoms with Crippen LogP contribution in [0.5, 0.6) is 0 Å². The van der Waals surface area contributed by atoms with Crippen molar-refractivity contribution >= 4 is 35.1 Å². The summed E-state index contributed by atoms with van der Waals surface area (Å²) in [7, 11) is 0. The van der Waals surface area contributed by atoms with E-state index in [1.165, 1.54) is 12.1 Å². The molecule has 1 aromatic carbocycles. The lowest BCUT2D eigenvalue weighted by Gasteiger charge is -2.03. The zero-order chi connectivity index (χ0) is 14.9. The zero-order valence-corrected chi connectivity index (χ0v) is 13.1. The fraction of sp³-hybridized carbons (Fsp3) is 0.188. The van der Waals surface area contributed by atoms with Crippen LogP contribution in [0.25, 0.3) is 6.08 Å². The minimum absolute atomic E-state index is 0.0739. The standard InChI is InChI=1S/C16H16FNOS2/c17-13-4-6-15(7-5-13)21-12-2-10-18-16(19)9-8-14-3-1-11-20-14/h1,3-9,11H,2,10,12H2,(H,18,19). The molecular formula is C16H16FNOS2. The van der Waals surface area contributed by atoms with Gasteiger partial charge in [0, 0.05) is 22.4 Å². The molecule has 1 N–H and O–H groups in total. The number of hydrogen-bond donors (Lipinski definition) is 1. The Balaban J connectivity index is 1.59. The molecule has 5 heteroatoms. The van der Waals surface area contributed by atoms with Crippen LogP contribution in [-0.2, 0) is 4.79 Å². The maximum Gasteiger partial charge on any atom is 0.244 e. The summed E-state index contributed by atoms with van der Waals surface area (Å²) in [5.74, 6) is 0.597. The minimum atomic E-state index is -0.218. The first-order valence-corrected chi connectivity index (χ1v) is 8.48. The first kappa shape index (κ1) is 15.8.